The number of nitrogens with one attached hydrogen (secondary N) is 2. The summed E-state index contributed by atoms with van der Waals surface area (Å²) in [5, 5.41) is 4.10. The molecule has 0 saturated carbocycles. The molecule has 4 heterocycles. The van der Waals surface area contributed by atoms with Gasteiger partial charge in [-0.1, -0.05) is 18.2 Å². The molecule has 1 unspecified atom stereocenters. The zero-order valence-electron chi connectivity index (χ0n) is 18.8. The number of nitrogens with zero attached hydrogens (tertiary/aromatic N) is 2. The van der Waals surface area contributed by atoms with E-state index in [1.165, 1.54) is 16.5 Å². The van der Waals surface area contributed by atoms with Crippen molar-refractivity contribution in [3.05, 3.63) is 64.2 Å². The number of methoxy groups -OCH3 is 1. The van der Waals surface area contributed by atoms with Gasteiger partial charge in [-0.3, -0.25) is 9.59 Å². The van der Waals surface area contributed by atoms with Crippen LogP contribution in [0.3, 0.4) is 0 Å². The van der Waals surface area contributed by atoms with Crippen LogP contribution in [0.5, 0.6) is 0 Å². The summed E-state index contributed by atoms with van der Waals surface area (Å²) < 4.78 is 9.07. The van der Waals surface area contributed by atoms with E-state index in [2.05, 4.69) is 47.4 Å². The summed E-state index contributed by atoms with van der Waals surface area (Å²) in [6.45, 7) is 4.17. The molecule has 2 aliphatic rings. The van der Waals surface area contributed by atoms with Crippen LogP contribution in [0, 0.1) is 5.92 Å². The number of carbonyl (C=O) groups is 1. The first-order chi connectivity index (χ1) is 15.5. The van der Waals surface area contributed by atoms with Crippen LogP contribution in [0.25, 0.3) is 10.9 Å². The number of ether oxygens (including phenoxy) is 1. The normalized spacial score (nSPS) is 22.0. The van der Waals surface area contributed by atoms with Gasteiger partial charge in [-0.25, -0.2) is 0 Å². The highest BCUT2D eigenvalue weighted by Gasteiger charge is 2.37. The van der Waals surface area contributed by atoms with E-state index in [9.17, 15) is 9.59 Å². The standard InChI is InChI=1S/C25H30N4O3/c1-27-14-19(20-5-3-4-6-23(20)27)16-28-12-17-11-18(15-28)22-8-7-21(25(31)29(22)13-17)26-24(30)9-10-32-2/h3-8,14,17-18H,9-13,15-16H2,1-2H3,(H,26,30)/p+1/t17-,18+/m0/s1. The molecule has 0 aliphatic carbocycles. The van der Waals surface area contributed by atoms with E-state index in [0.717, 1.165) is 38.3 Å². The number of hydrogen-bond acceptors (Lipinski definition) is 3. The number of anilines is 1. The maximum Gasteiger partial charge on any atom is 0.274 e. The second kappa shape index (κ2) is 8.56. The van der Waals surface area contributed by atoms with Gasteiger partial charge in [-0.2, -0.15) is 0 Å². The molecule has 3 aromatic rings. The Morgan fingerprint density at radius 1 is 1.22 bits per heavy atom. The Bertz CT molecular complexity index is 1210. The van der Waals surface area contributed by atoms with Crippen molar-refractivity contribution < 1.29 is 14.4 Å². The summed E-state index contributed by atoms with van der Waals surface area (Å²) in [6.07, 6.45) is 3.65. The number of quaternary nitrogens is 1. The molecule has 1 aromatic carbocycles. The lowest BCUT2D eigenvalue weighted by Gasteiger charge is -2.40. The van der Waals surface area contributed by atoms with Crippen molar-refractivity contribution in [2.24, 2.45) is 13.0 Å². The molecule has 3 atom stereocenters. The van der Waals surface area contributed by atoms with E-state index in [0.29, 0.717) is 24.1 Å². The third kappa shape index (κ3) is 3.87. The number of aromatic nitrogens is 2. The van der Waals surface area contributed by atoms with Crippen LogP contribution in [0.15, 0.2) is 47.4 Å². The summed E-state index contributed by atoms with van der Waals surface area (Å²) in [5.41, 5.74) is 4.06. The molecular weight excluding hydrogens is 404 g/mol. The smallest absolute Gasteiger partial charge is 0.274 e. The highest BCUT2D eigenvalue weighted by atomic mass is 16.5. The van der Waals surface area contributed by atoms with Crippen LogP contribution < -0.4 is 15.8 Å². The number of likely N-dealkylation sites (tertiary alicyclic amines) is 1. The van der Waals surface area contributed by atoms with Gasteiger partial charge in [-0.05, 0) is 24.6 Å². The summed E-state index contributed by atoms with van der Waals surface area (Å²) >= 11 is 0. The molecular formula is C25H31N4O3+. The minimum absolute atomic E-state index is 0.0829. The average molecular weight is 436 g/mol. The van der Waals surface area contributed by atoms with Gasteiger partial charge < -0.3 is 24.1 Å². The Labute approximate surface area is 187 Å². The highest BCUT2D eigenvalue weighted by molar-refractivity contribution is 5.90. The van der Waals surface area contributed by atoms with Crippen LogP contribution >= 0.6 is 0 Å². The number of pyridine rings is 1. The lowest BCUT2D eigenvalue weighted by Crippen LogP contribution is -3.13. The van der Waals surface area contributed by atoms with E-state index in [1.54, 1.807) is 18.1 Å². The molecule has 2 aliphatic heterocycles. The number of fused-ring (bicyclic) bond motifs is 5. The maximum atomic E-state index is 13.1. The third-order valence-corrected chi connectivity index (χ3v) is 7.02. The van der Waals surface area contributed by atoms with Crippen LogP contribution in [0.4, 0.5) is 5.69 Å². The monoisotopic (exact) mass is 435 g/mol. The molecule has 0 radical (unpaired) electrons. The number of rotatable bonds is 6. The van der Waals surface area contributed by atoms with Gasteiger partial charge in [0.05, 0.1) is 26.1 Å². The molecule has 168 valence electrons. The molecule has 2 bridgehead atoms. The van der Waals surface area contributed by atoms with Gasteiger partial charge >= 0.3 is 0 Å². The van der Waals surface area contributed by atoms with Gasteiger partial charge in [0.1, 0.15) is 12.2 Å². The molecule has 7 heteroatoms. The molecule has 0 spiro atoms. The zero-order valence-corrected chi connectivity index (χ0v) is 18.8. The fraction of sp³-hybridized carbons (Fsp3) is 0.440. The number of para-hydroxylation sites is 1. The fourth-order valence-electron chi connectivity index (χ4n) is 5.65. The maximum absolute atomic E-state index is 13.1. The minimum Gasteiger partial charge on any atom is -0.384 e. The van der Waals surface area contributed by atoms with Gasteiger partial charge in [-0.15, -0.1) is 0 Å². The van der Waals surface area contributed by atoms with E-state index in [1.807, 2.05) is 10.6 Å². The zero-order chi connectivity index (χ0) is 22.2. The second-order valence-corrected chi connectivity index (χ2v) is 9.29. The Morgan fingerprint density at radius 2 is 2.06 bits per heavy atom. The predicted octanol–water partition coefficient (Wildman–Crippen LogP) is 1.52. The summed E-state index contributed by atoms with van der Waals surface area (Å²) in [5.74, 6) is 0.660. The average Bonchev–Trinajstić information content (AvgIpc) is 3.10. The number of amides is 1. The summed E-state index contributed by atoms with van der Waals surface area (Å²) in [7, 11) is 3.67. The fourth-order valence-corrected chi connectivity index (χ4v) is 5.65. The Hall–Kier alpha value is -2.90. The van der Waals surface area contributed by atoms with Gasteiger partial charge in [0, 0.05) is 60.9 Å². The van der Waals surface area contributed by atoms with E-state index >= 15 is 0 Å². The van der Waals surface area contributed by atoms with Crippen LogP contribution in [0.2, 0.25) is 0 Å². The first-order valence-electron chi connectivity index (χ1n) is 11.4. The minimum atomic E-state index is -0.189. The van der Waals surface area contributed by atoms with Crippen molar-refractivity contribution in [3.8, 4) is 0 Å². The van der Waals surface area contributed by atoms with E-state index in [4.69, 9.17) is 4.74 Å². The highest BCUT2D eigenvalue weighted by Crippen LogP contribution is 2.31. The lowest BCUT2D eigenvalue weighted by molar-refractivity contribution is -0.924. The van der Waals surface area contributed by atoms with Gasteiger partial charge in [0.25, 0.3) is 5.56 Å². The summed E-state index contributed by atoms with van der Waals surface area (Å²) in [4.78, 5) is 26.7. The SMILES string of the molecule is COCCC(=O)Nc1ccc2n(c1=O)C[C@H]1C[C@@H]2C[NH+](Cc2cn(C)c3ccccc23)C1. The topological polar surface area (TPSA) is 69.7 Å². The van der Waals surface area contributed by atoms with Crippen molar-refractivity contribution in [3.63, 3.8) is 0 Å². The van der Waals surface area contributed by atoms with Crippen LogP contribution in [-0.4, -0.2) is 41.8 Å². The Kier molecular flexibility index (Phi) is 5.61. The van der Waals surface area contributed by atoms with Crippen LogP contribution in [-0.2, 0) is 29.7 Å². The predicted molar refractivity (Wildman–Crippen MR) is 124 cm³/mol. The number of benzene rings is 1. The largest absolute Gasteiger partial charge is 0.384 e. The molecule has 1 saturated heterocycles. The van der Waals surface area contributed by atoms with Gasteiger partial charge in [0.15, 0.2) is 0 Å². The summed E-state index contributed by atoms with van der Waals surface area (Å²) in [6, 6.07) is 12.4. The van der Waals surface area contributed by atoms with Crippen LogP contribution in [0.1, 0.15) is 30.0 Å². The molecule has 32 heavy (non-hydrogen) atoms. The molecule has 1 fully saturated rings. The van der Waals surface area contributed by atoms with Crippen molar-refractivity contribution in [2.45, 2.75) is 31.8 Å². The molecule has 2 N–H and O–H groups in total. The quantitative estimate of drug-likeness (QED) is 0.617. The molecule has 2 aromatic heterocycles. The first-order valence-corrected chi connectivity index (χ1v) is 11.4. The van der Waals surface area contributed by atoms with Crippen molar-refractivity contribution >= 4 is 22.5 Å². The third-order valence-electron chi connectivity index (χ3n) is 7.02. The van der Waals surface area contributed by atoms with Crippen molar-refractivity contribution in [1.82, 2.24) is 9.13 Å². The van der Waals surface area contributed by atoms with Gasteiger partial charge in [0.2, 0.25) is 5.91 Å². The molecule has 1 amide bonds. The lowest BCUT2D eigenvalue weighted by atomic mass is 9.83. The second-order valence-electron chi connectivity index (χ2n) is 9.29. The van der Waals surface area contributed by atoms with E-state index < -0.39 is 0 Å². The first kappa shape index (κ1) is 21.0. The number of hydrogen-bond donors (Lipinski definition) is 2. The van der Waals surface area contributed by atoms with E-state index in [-0.39, 0.29) is 17.9 Å². The number of aryl methyl sites for hydroxylation is 1. The molecule has 5 rings (SSSR count). The number of piperidine rings is 1. The Balaban J connectivity index is 1.35. The van der Waals surface area contributed by atoms with Crippen molar-refractivity contribution in [2.75, 3.05) is 32.1 Å². The molecule has 7 nitrogen and oxygen atoms in total. The van der Waals surface area contributed by atoms with Crippen molar-refractivity contribution in [1.29, 1.82) is 0 Å². The Morgan fingerprint density at radius 3 is 2.91 bits per heavy atom. The number of carbonyl (C=O) groups excluding carboxylic acids is 1.